The van der Waals surface area contributed by atoms with E-state index >= 15 is 0 Å². The molecule has 4 rings (SSSR count). The number of aromatic nitrogens is 6. The largest absolute Gasteiger partial charge is 0.760 e. The summed E-state index contributed by atoms with van der Waals surface area (Å²) in [6.45, 7) is 3.61. The molecule has 3 heterocycles. The highest BCUT2D eigenvalue weighted by Gasteiger charge is 2.28. The lowest BCUT2D eigenvalue weighted by Crippen LogP contribution is -2.35. The van der Waals surface area contributed by atoms with E-state index in [1.54, 1.807) is 45.9 Å². The van der Waals surface area contributed by atoms with Crippen LogP contribution >= 0.6 is 0 Å². The lowest BCUT2D eigenvalue weighted by atomic mass is 9.94. The third kappa shape index (κ3) is 5.40. The Morgan fingerprint density at radius 2 is 1.81 bits per heavy atom. The second-order valence-corrected chi connectivity index (χ2v) is 8.77. The zero-order valence-electron chi connectivity index (χ0n) is 20.3. The van der Waals surface area contributed by atoms with Crippen molar-refractivity contribution >= 4 is 11.3 Å². The van der Waals surface area contributed by atoms with Crippen LogP contribution in [-0.4, -0.2) is 58.7 Å². The average molecular weight is 509 g/mol. The predicted octanol–water partition coefficient (Wildman–Crippen LogP) is 2.54. The van der Waals surface area contributed by atoms with Crippen LogP contribution in [-0.2, 0) is 17.7 Å². The zero-order chi connectivity index (χ0) is 25.7. The Balaban J connectivity index is 1.90. The number of para-hydroxylation sites is 1. The van der Waals surface area contributed by atoms with Crippen LogP contribution in [0.1, 0.15) is 30.1 Å². The van der Waals surface area contributed by atoms with Crippen molar-refractivity contribution in [1.29, 1.82) is 0 Å². The van der Waals surface area contributed by atoms with Crippen molar-refractivity contribution in [2.75, 3.05) is 14.2 Å². The molecule has 0 aliphatic heterocycles. The molecule has 188 valence electrons. The fourth-order valence-electron chi connectivity index (χ4n) is 3.98. The zero-order valence-corrected chi connectivity index (χ0v) is 21.1. The Morgan fingerprint density at radius 3 is 2.39 bits per heavy atom. The highest BCUT2D eigenvalue weighted by atomic mass is 32.2. The van der Waals surface area contributed by atoms with Gasteiger partial charge in [0.25, 0.3) is 0 Å². The highest BCUT2D eigenvalue weighted by molar-refractivity contribution is 7.77. The predicted molar refractivity (Wildman–Crippen MR) is 132 cm³/mol. The minimum Gasteiger partial charge on any atom is -0.760 e. The molecular formula is C24H26N7O4S-. The van der Waals surface area contributed by atoms with Gasteiger partial charge in [-0.25, -0.2) is 4.72 Å². The summed E-state index contributed by atoms with van der Waals surface area (Å²) in [5.74, 6) is 1.79. The quantitative estimate of drug-likeness (QED) is 0.320. The van der Waals surface area contributed by atoms with E-state index in [0.29, 0.717) is 34.5 Å². The van der Waals surface area contributed by atoms with Crippen molar-refractivity contribution in [2.24, 2.45) is 0 Å². The Kier molecular flexibility index (Phi) is 7.98. The van der Waals surface area contributed by atoms with Crippen molar-refractivity contribution in [2.45, 2.75) is 32.2 Å². The molecule has 36 heavy (non-hydrogen) atoms. The van der Waals surface area contributed by atoms with Crippen LogP contribution in [0.4, 0.5) is 0 Å². The van der Waals surface area contributed by atoms with Gasteiger partial charge >= 0.3 is 0 Å². The fourth-order valence-corrected chi connectivity index (χ4v) is 4.45. The van der Waals surface area contributed by atoms with Crippen LogP contribution < -0.4 is 14.2 Å². The van der Waals surface area contributed by atoms with Gasteiger partial charge in [-0.3, -0.25) is 23.7 Å². The number of hydrogen-bond acceptors (Lipinski definition) is 9. The summed E-state index contributed by atoms with van der Waals surface area (Å²) in [6, 6.07) is 8.66. The second kappa shape index (κ2) is 11.3. The Bertz CT molecular complexity index is 1310. The third-order valence-electron chi connectivity index (χ3n) is 5.74. The van der Waals surface area contributed by atoms with E-state index < -0.39 is 23.2 Å². The SMILES string of the molecule is COc1cccc(OC)c1-n1c(C[C@@H](c2cnc(C)cn2)[C@@H](C)NS(=O)[O-])nnc1-c1cccnc1. The molecule has 1 aromatic carbocycles. The second-order valence-electron chi connectivity index (χ2n) is 8.06. The molecule has 12 heteroatoms. The number of nitrogens with zero attached hydrogens (tertiary/aromatic N) is 6. The maximum Gasteiger partial charge on any atom is 0.170 e. The Morgan fingerprint density at radius 1 is 1.06 bits per heavy atom. The van der Waals surface area contributed by atoms with Gasteiger partial charge in [-0.1, -0.05) is 6.07 Å². The van der Waals surface area contributed by atoms with Crippen molar-refractivity contribution in [3.05, 3.63) is 72.3 Å². The number of rotatable bonds is 10. The molecule has 0 radical (unpaired) electrons. The van der Waals surface area contributed by atoms with Gasteiger partial charge in [0.05, 0.1) is 25.6 Å². The highest BCUT2D eigenvalue weighted by Crippen LogP contribution is 2.37. The van der Waals surface area contributed by atoms with Crippen molar-refractivity contribution in [1.82, 2.24) is 34.4 Å². The number of hydrogen-bond donors (Lipinski definition) is 1. The van der Waals surface area contributed by atoms with Gasteiger partial charge in [0.2, 0.25) is 0 Å². The summed E-state index contributed by atoms with van der Waals surface area (Å²) in [6.07, 6.45) is 6.96. The normalized spacial score (nSPS) is 13.7. The first-order valence-corrected chi connectivity index (χ1v) is 12.2. The lowest BCUT2D eigenvalue weighted by Gasteiger charge is -2.25. The monoisotopic (exact) mass is 508 g/mol. The molecule has 1 unspecified atom stereocenters. The van der Waals surface area contributed by atoms with Gasteiger partial charge < -0.3 is 14.0 Å². The smallest absolute Gasteiger partial charge is 0.170 e. The molecule has 0 saturated heterocycles. The fraction of sp³-hybridized carbons (Fsp3) is 0.292. The number of aryl methyl sites for hydroxylation is 1. The van der Waals surface area contributed by atoms with E-state index in [4.69, 9.17) is 9.47 Å². The molecule has 11 nitrogen and oxygen atoms in total. The number of ether oxygens (including phenoxy) is 2. The van der Waals surface area contributed by atoms with Crippen molar-refractivity contribution in [3.63, 3.8) is 0 Å². The first-order valence-electron chi connectivity index (χ1n) is 11.1. The summed E-state index contributed by atoms with van der Waals surface area (Å²) in [4.78, 5) is 13.1. The number of methoxy groups -OCH3 is 2. The molecule has 0 aliphatic carbocycles. The van der Waals surface area contributed by atoms with Gasteiger partial charge in [-0.05, 0) is 38.1 Å². The standard InChI is InChI=1S/C24H27N7O4S/c1-15-12-27-19(14-26-15)18(16(2)30-36(32)33)11-22-28-29-24(17-7-6-10-25-13-17)31(22)23-20(34-3)8-5-9-21(23)35-4/h5-10,12-14,16,18,30H,11H2,1-4H3,(H,32,33)/p-1/t16-,18-/m1/s1. The minimum absolute atomic E-state index is 0.289. The molecule has 3 atom stereocenters. The summed E-state index contributed by atoms with van der Waals surface area (Å²) >= 11 is -2.47. The topological polar surface area (TPSA) is 140 Å². The molecule has 0 amide bonds. The third-order valence-corrected chi connectivity index (χ3v) is 6.31. The molecule has 0 bridgehead atoms. The van der Waals surface area contributed by atoms with Crippen LogP contribution in [0.3, 0.4) is 0 Å². The molecule has 0 aliphatic rings. The van der Waals surface area contributed by atoms with E-state index in [1.165, 1.54) is 0 Å². The van der Waals surface area contributed by atoms with Gasteiger partial charge in [0.1, 0.15) is 23.0 Å². The minimum atomic E-state index is -2.47. The van der Waals surface area contributed by atoms with Gasteiger partial charge in [-0.15, -0.1) is 10.2 Å². The summed E-state index contributed by atoms with van der Waals surface area (Å²) < 4.78 is 38.7. The van der Waals surface area contributed by atoms with Crippen LogP contribution in [0.5, 0.6) is 11.5 Å². The summed E-state index contributed by atoms with van der Waals surface area (Å²) in [7, 11) is 3.15. The van der Waals surface area contributed by atoms with E-state index in [0.717, 1.165) is 11.3 Å². The van der Waals surface area contributed by atoms with Crippen molar-refractivity contribution in [3.8, 4) is 28.6 Å². The molecule has 0 saturated carbocycles. The van der Waals surface area contributed by atoms with Crippen LogP contribution in [0.15, 0.2) is 55.1 Å². The van der Waals surface area contributed by atoms with Crippen LogP contribution in [0, 0.1) is 6.92 Å². The Hall–Kier alpha value is -3.74. The molecule has 0 spiro atoms. The van der Waals surface area contributed by atoms with E-state index in [-0.39, 0.29) is 6.42 Å². The molecule has 3 aromatic heterocycles. The first-order chi connectivity index (χ1) is 17.4. The van der Waals surface area contributed by atoms with Crippen LogP contribution in [0.25, 0.3) is 17.1 Å². The molecule has 1 N–H and O–H groups in total. The number of pyridine rings is 1. The maximum absolute atomic E-state index is 11.5. The number of benzene rings is 1. The first kappa shape index (κ1) is 25.4. The molecular weight excluding hydrogens is 482 g/mol. The summed E-state index contributed by atoms with van der Waals surface area (Å²) in [5.41, 5.74) is 2.73. The van der Waals surface area contributed by atoms with Gasteiger partial charge in [0.15, 0.2) is 5.82 Å². The molecule has 0 fully saturated rings. The van der Waals surface area contributed by atoms with E-state index in [1.807, 2.05) is 41.8 Å². The van der Waals surface area contributed by atoms with Gasteiger partial charge in [-0.2, -0.15) is 0 Å². The van der Waals surface area contributed by atoms with E-state index in [9.17, 15) is 8.76 Å². The van der Waals surface area contributed by atoms with Crippen LogP contribution in [0.2, 0.25) is 0 Å². The van der Waals surface area contributed by atoms with E-state index in [2.05, 4.69) is 29.9 Å². The number of nitrogens with one attached hydrogen (secondary N) is 1. The Labute approximate surface area is 211 Å². The maximum atomic E-state index is 11.5. The summed E-state index contributed by atoms with van der Waals surface area (Å²) in [5, 5.41) is 8.99. The lowest BCUT2D eigenvalue weighted by molar-refractivity contribution is 0.390. The molecule has 4 aromatic rings. The average Bonchev–Trinajstić information content (AvgIpc) is 3.30. The van der Waals surface area contributed by atoms with Gasteiger partial charge in [0, 0.05) is 60.0 Å². The van der Waals surface area contributed by atoms with Crippen molar-refractivity contribution < 1.29 is 18.2 Å².